The van der Waals surface area contributed by atoms with Crippen molar-refractivity contribution in [1.82, 2.24) is 15.1 Å². The maximum Gasteiger partial charge on any atom is 0.260 e. The van der Waals surface area contributed by atoms with Crippen LogP contribution in [0.25, 0.3) is 0 Å². The van der Waals surface area contributed by atoms with Crippen LogP contribution in [0.4, 0.5) is 8.78 Å². The molecule has 7 nitrogen and oxygen atoms in total. The molecule has 146 valence electrons. The van der Waals surface area contributed by atoms with Gasteiger partial charge >= 0.3 is 0 Å². The van der Waals surface area contributed by atoms with Gasteiger partial charge < -0.3 is 19.7 Å². The van der Waals surface area contributed by atoms with Crippen molar-refractivity contribution in [3.8, 4) is 11.5 Å². The zero-order chi connectivity index (χ0) is 19.0. The monoisotopic (exact) mass is 381 g/mol. The molecule has 0 bridgehead atoms. The minimum absolute atomic E-state index is 0.124. The number of hydrogen-bond acceptors (Lipinski definition) is 5. The van der Waals surface area contributed by atoms with Crippen molar-refractivity contribution >= 4 is 11.8 Å². The molecule has 3 aliphatic rings. The Morgan fingerprint density at radius 1 is 1.15 bits per heavy atom. The molecular weight excluding hydrogens is 360 g/mol. The molecule has 2 heterocycles. The van der Waals surface area contributed by atoms with E-state index in [4.69, 9.17) is 9.47 Å². The Labute approximate surface area is 155 Å². The first kappa shape index (κ1) is 18.0. The van der Waals surface area contributed by atoms with Crippen LogP contribution in [-0.2, 0) is 16.1 Å². The predicted octanol–water partition coefficient (Wildman–Crippen LogP) is 0.831. The van der Waals surface area contributed by atoms with E-state index in [0.29, 0.717) is 44.2 Å². The SMILES string of the molecule is O=C(CN1CCN(C(=O)C2CC2(F)F)CC1)NCc1ccc2c(c1)OCO2. The summed E-state index contributed by atoms with van der Waals surface area (Å²) < 4.78 is 36.6. The molecule has 2 amide bonds. The number of amides is 2. The van der Waals surface area contributed by atoms with Crippen LogP contribution in [-0.4, -0.2) is 67.1 Å². The molecule has 27 heavy (non-hydrogen) atoms. The molecule has 1 N–H and O–H groups in total. The number of nitrogens with zero attached hydrogens (tertiary/aromatic N) is 2. The average molecular weight is 381 g/mol. The van der Waals surface area contributed by atoms with E-state index in [1.54, 1.807) is 0 Å². The number of rotatable bonds is 5. The van der Waals surface area contributed by atoms with Gasteiger partial charge in [-0.05, 0) is 17.7 Å². The van der Waals surface area contributed by atoms with Crippen LogP contribution in [0, 0.1) is 5.92 Å². The number of carbonyl (C=O) groups is 2. The molecule has 0 aromatic heterocycles. The van der Waals surface area contributed by atoms with Gasteiger partial charge in [-0.3, -0.25) is 14.5 Å². The summed E-state index contributed by atoms with van der Waals surface area (Å²) in [5.74, 6) is -3.20. The van der Waals surface area contributed by atoms with Crippen molar-refractivity contribution in [2.75, 3.05) is 39.5 Å². The molecule has 1 unspecified atom stereocenters. The number of hydrogen-bond donors (Lipinski definition) is 1. The second-order valence-electron chi connectivity index (χ2n) is 7.08. The fraction of sp³-hybridized carbons (Fsp3) is 0.556. The fourth-order valence-corrected chi connectivity index (χ4v) is 3.34. The van der Waals surface area contributed by atoms with Crippen molar-refractivity contribution in [3.63, 3.8) is 0 Å². The number of halogens is 2. The zero-order valence-corrected chi connectivity index (χ0v) is 14.7. The van der Waals surface area contributed by atoms with E-state index in [1.807, 2.05) is 23.1 Å². The van der Waals surface area contributed by atoms with Crippen LogP contribution < -0.4 is 14.8 Å². The lowest BCUT2D eigenvalue weighted by Crippen LogP contribution is -2.51. The number of alkyl halides is 2. The van der Waals surface area contributed by atoms with Crippen LogP contribution in [0.1, 0.15) is 12.0 Å². The van der Waals surface area contributed by atoms with Crippen molar-refractivity contribution in [2.24, 2.45) is 5.92 Å². The van der Waals surface area contributed by atoms with Gasteiger partial charge in [0.15, 0.2) is 11.5 Å². The summed E-state index contributed by atoms with van der Waals surface area (Å²) in [6.07, 6.45) is -0.339. The van der Waals surface area contributed by atoms with Gasteiger partial charge in [0.25, 0.3) is 5.92 Å². The highest BCUT2D eigenvalue weighted by atomic mass is 19.3. The molecule has 2 fully saturated rings. The normalized spacial score (nSPS) is 23.2. The summed E-state index contributed by atoms with van der Waals surface area (Å²) in [7, 11) is 0. The first-order chi connectivity index (χ1) is 12.9. The largest absolute Gasteiger partial charge is 0.454 e. The van der Waals surface area contributed by atoms with Gasteiger partial charge in [-0.2, -0.15) is 0 Å². The van der Waals surface area contributed by atoms with E-state index >= 15 is 0 Å². The smallest absolute Gasteiger partial charge is 0.260 e. The van der Waals surface area contributed by atoms with Crippen LogP contribution in [0.2, 0.25) is 0 Å². The standard InChI is InChI=1S/C18H21F2N3O4/c19-18(20)8-13(18)17(25)23-5-3-22(4-6-23)10-16(24)21-9-12-1-2-14-15(7-12)27-11-26-14/h1-2,7,13H,3-6,8-11H2,(H,21,24). The lowest BCUT2D eigenvalue weighted by molar-refractivity contribution is -0.136. The maximum absolute atomic E-state index is 13.0. The Hall–Kier alpha value is -2.42. The molecule has 0 spiro atoms. The Bertz CT molecular complexity index is 750. The first-order valence-electron chi connectivity index (χ1n) is 8.96. The molecule has 9 heteroatoms. The van der Waals surface area contributed by atoms with E-state index in [0.717, 1.165) is 5.56 Å². The molecule has 1 aliphatic carbocycles. The quantitative estimate of drug-likeness (QED) is 0.818. The third-order valence-corrected chi connectivity index (χ3v) is 5.10. The van der Waals surface area contributed by atoms with Crippen molar-refractivity contribution in [3.05, 3.63) is 23.8 Å². The minimum atomic E-state index is -2.83. The zero-order valence-electron chi connectivity index (χ0n) is 14.7. The number of nitrogens with one attached hydrogen (secondary N) is 1. The van der Waals surface area contributed by atoms with E-state index in [1.165, 1.54) is 4.90 Å². The summed E-state index contributed by atoms with van der Waals surface area (Å²) >= 11 is 0. The summed E-state index contributed by atoms with van der Waals surface area (Å²) in [4.78, 5) is 27.5. The van der Waals surface area contributed by atoms with Gasteiger partial charge in [-0.25, -0.2) is 8.78 Å². The predicted molar refractivity (Wildman–Crippen MR) is 90.5 cm³/mol. The fourth-order valence-electron chi connectivity index (χ4n) is 3.34. The second-order valence-corrected chi connectivity index (χ2v) is 7.08. The number of benzene rings is 1. The Kier molecular flexibility index (Phi) is 4.63. The highest BCUT2D eigenvalue weighted by Crippen LogP contribution is 2.49. The summed E-state index contributed by atoms with van der Waals surface area (Å²) in [6.45, 7) is 2.56. The second kappa shape index (κ2) is 6.95. The number of ether oxygens (including phenoxy) is 2. The third kappa shape index (κ3) is 3.97. The summed E-state index contributed by atoms with van der Waals surface area (Å²) in [5, 5.41) is 2.85. The van der Waals surface area contributed by atoms with Crippen LogP contribution in [0.15, 0.2) is 18.2 Å². The highest BCUT2D eigenvalue weighted by Gasteiger charge is 2.62. The molecular formula is C18H21F2N3O4. The topological polar surface area (TPSA) is 71.1 Å². The Morgan fingerprint density at radius 3 is 2.56 bits per heavy atom. The average Bonchev–Trinajstić information content (AvgIpc) is 3.06. The van der Waals surface area contributed by atoms with Gasteiger partial charge in [-0.15, -0.1) is 0 Å². The van der Waals surface area contributed by atoms with E-state index in [2.05, 4.69) is 5.32 Å². The summed E-state index contributed by atoms with van der Waals surface area (Å²) in [5.41, 5.74) is 0.911. The molecule has 1 saturated heterocycles. The lowest BCUT2D eigenvalue weighted by Gasteiger charge is -2.34. The minimum Gasteiger partial charge on any atom is -0.454 e. The highest BCUT2D eigenvalue weighted by molar-refractivity contribution is 5.83. The maximum atomic E-state index is 13.0. The molecule has 1 aromatic rings. The Morgan fingerprint density at radius 2 is 1.85 bits per heavy atom. The van der Waals surface area contributed by atoms with Crippen LogP contribution in [0.3, 0.4) is 0 Å². The molecule has 1 aromatic carbocycles. The van der Waals surface area contributed by atoms with E-state index in [-0.39, 0.29) is 25.7 Å². The van der Waals surface area contributed by atoms with Gasteiger partial charge in [0.05, 0.1) is 6.54 Å². The van der Waals surface area contributed by atoms with E-state index < -0.39 is 17.7 Å². The third-order valence-electron chi connectivity index (χ3n) is 5.10. The van der Waals surface area contributed by atoms with Gasteiger partial charge in [0.1, 0.15) is 5.92 Å². The van der Waals surface area contributed by atoms with Crippen LogP contribution >= 0.6 is 0 Å². The molecule has 1 atom stereocenters. The molecule has 0 radical (unpaired) electrons. The van der Waals surface area contributed by atoms with E-state index in [9.17, 15) is 18.4 Å². The Balaban J connectivity index is 1.19. The van der Waals surface area contributed by atoms with Crippen molar-refractivity contribution in [1.29, 1.82) is 0 Å². The molecule has 4 rings (SSSR count). The summed E-state index contributed by atoms with van der Waals surface area (Å²) in [6, 6.07) is 5.51. The number of piperazine rings is 1. The van der Waals surface area contributed by atoms with Gasteiger partial charge in [0, 0.05) is 39.1 Å². The van der Waals surface area contributed by atoms with Gasteiger partial charge in [0.2, 0.25) is 18.6 Å². The first-order valence-corrected chi connectivity index (χ1v) is 8.96. The molecule has 1 saturated carbocycles. The number of carbonyl (C=O) groups excluding carboxylic acids is 2. The van der Waals surface area contributed by atoms with Crippen molar-refractivity contribution < 1.29 is 27.8 Å². The van der Waals surface area contributed by atoms with Crippen LogP contribution in [0.5, 0.6) is 11.5 Å². The van der Waals surface area contributed by atoms with Crippen molar-refractivity contribution in [2.45, 2.75) is 18.9 Å². The number of fused-ring (bicyclic) bond motifs is 1. The molecule has 2 aliphatic heterocycles. The van der Waals surface area contributed by atoms with Gasteiger partial charge in [-0.1, -0.05) is 6.07 Å². The lowest BCUT2D eigenvalue weighted by atomic mass is 10.2.